The van der Waals surface area contributed by atoms with E-state index in [9.17, 15) is 0 Å². The van der Waals surface area contributed by atoms with Crippen LogP contribution in [0.15, 0.2) is 28.9 Å². The molecule has 0 spiro atoms. The summed E-state index contributed by atoms with van der Waals surface area (Å²) in [4.78, 5) is 1.03. The Morgan fingerprint density at radius 1 is 1.47 bits per heavy atom. The Hall–Kier alpha value is -0.940. The third kappa shape index (κ3) is 2.76. The molecule has 15 heavy (non-hydrogen) atoms. The quantitative estimate of drug-likeness (QED) is 0.868. The predicted octanol–water partition coefficient (Wildman–Crippen LogP) is 3.19. The summed E-state index contributed by atoms with van der Waals surface area (Å²) >= 11 is 4.77. The number of aromatic nitrogens is 2. The highest BCUT2D eigenvalue weighted by Gasteiger charge is 2.01. The molecule has 0 aliphatic heterocycles. The van der Waals surface area contributed by atoms with Gasteiger partial charge < -0.3 is 4.74 Å². The number of halogens is 1. The van der Waals surface area contributed by atoms with Crippen LogP contribution in [-0.2, 0) is 6.61 Å². The zero-order valence-corrected chi connectivity index (χ0v) is 10.5. The largest absolute Gasteiger partial charge is 0.488 e. The lowest BCUT2D eigenvalue weighted by molar-refractivity contribution is 0.307. The molecule has 0 atom stereocenters. The minimum Gasteiger partial charge on any atom is -0.488 e. The van der Waals surface area contributed by atoms with Crippen LogP contribution < -0.4 is 4.74 Å². The van der Waals surface area contributed by atoms with Crippen LogP contribution in [0, 0.1) is 6.92 Å². The number of nitrogens with zero attached hydrogens (tertiary/aromatic N) is 2. The Balaban J connectivity index is 2.05. The first-order chi connectivity index (χ1) is 7.25. The zero-order valence-electron chi connectivity index (χ0n) is 8.11. The van der Waals surface area contributed by atoms with Crippen LogP contribution in [0.5, 0.6) is 5.75 Å². The molecule has 1 aromatic carbocycles. The lowest BCUT2D eigenvalue weighted by Gasteiger charge is -2.07. The molecule has 3 nitrogen and oxygen atoms in total. The molecule has 5 heteroatoms. The van der Waals surface area contributed by atoms with Gasteiger partial charge in [0.1, 0.15) is 12.4 Å². The minimum absolute atomic E-state index is 0.528. The third-order valence-corrected chi connectivity index (χ3v) is 3.04. The normalized spacial score (nSPS) is 10.3. The average Bonchev–Trinajstić information content (AvgIpc) is 2.69. The van der Waals surface area contributed by atoms with Gasteiger partial charge in [-0.15, -0.1) is 5.10 Å². The van der Waals surface area contributed by atoms with E-state index in [4.69, 9.17) is 4.74 Å². The van der Waals surface area contributed by atoms with Gasteiger partial charge in [0.05, 0.1) is 11.1 Å². The fraction of sp³-hybridized carbons (Fsp3) is 0.200. The second-order valence-corrected chi connectivity index (χ2v) is 4.87. The minimum atomic E-state index is 0.528. The van der Waals surface area contributed by atoms with Crippen LogP contribution >= 0.6 is 27.5 Å². The molecule has 1 heterocycles. The van der Waals surface area contributed by atoms with Crippen LogP contribution in [0.2, 0.25) is 0 Å². The monoisotopic (exact) mass is 284 g/mol. The van der Waals surface area contributed by atoms with Gasteiger partial charge in [-0.05, 0) is 42.2 Å². The molecule has 0 amide bonds. The molecular weight excluding hydrogens is 276 g/mol. The van der Waals surface area contributed by atoms with Gasteiger partial charge in [-0.25, -0.2) is 0 Å². The summed E-state index contributed by atoms with van der Waals surface area (Å²) < 4.78 is 10.5. The van der Waals surface area contributed by atoms with E-state index in [1.54, 1.807) is 6.20 Å². The summed E-state index contributed by atoms with van der Waals surface area (Å²) in [6.07, 6.45) is 1.72. The predicted molar refractivity (Wildman–Crippen MR) is 63.1 cm³/mol. The first-order valence-electron chi connectivity index (χ1n) is 4.41. The summed E-state index contributed by atoms with van der Waals surface area (Å²) in [5.41, 5.74) is 1.11. The molecule has 78 valence electrons. The molecule has 0 N–H and O–H groups in total. The highest BCUT2D eigenvalue weighted by Crippen LogP contribution is 2.23. The average molecular weight is 285 g/mol. The number of benzene rings is 1. The van der Waals surface area contributed by atoms with Gasteiger partial charge in [0.2, 0.25) is 0 Å². The smallest absolute Gasteiger partial charge is 0.126 e. The van der Waals surface area contributed by atoms with E-state index in [0.717, 1.165) is 20.7 Å². The van der Waals surface area contributed by atoms with Crippen molar-refractivity contribution in [2.75, 3.05) is 0 Å². The second-order valence-electron chi connectivity index (χ2n) is 3.08. The van der Waals surface area contributed by atoms with Crippen molar-refractivity contribution >= 4 is 27.5 Å². The summed E-state index contributed by atoms with van der Waals surface area (Å²) in [5.74, 6) is 0.895. The van der Waals surface area contributed by atoms with E-state index in [1.807, 2.05) is 25.1 Å². The summed E-state index contributed by atoms with van der Waals surface area (Å²) in [6.45, 7) is 2.55. The third-order valence-electron chi connectivity index (χ3n) is 1.91. The molecule has 2 rings (SSSR count). The van der Waals surface area contributed by atoms with Crippen molar-refractivity contribution in [1.29, 1.82) is 0 Å². The maximum Gasteiger partial charge on any atom is 0.126 e. The number of hydrogen-bond donors (Lipinski definition) is 0. The molecule has 1 aromatic heterocycles. The lowest BCUT2D eigenvalue weighted by atomic mass is 10.2. The SMILES string of the molecule is Cc1cc(Br)ccc1OCc1cnns1. The number of aryl methyl sites for hydroxylation is 1. The molecule has 0 saturated carbocycles. The zero-order chi connectivity index (χ0) is 10.7. The van der Waals surface area contributed by atoms with E-state index in [2.05, 4.69) is 25.5 Å². The van der Waals surface area contributed by atoms with Crippen molar-refractivity contribution < 1.29 is 4.74 Å². The van der Waals surface area contributed by atoms with Crippen LogP contribution in [0.3, 0.4) is 0 Å². The molecule has 0 fully saturated rings. The maximum atomic E-state index is 5.65. The number of rotatable bonds is 3. The van der Waals surface area contributed by atoms with Gasteiger partial charge in [0, 0.05) is 4.47 Å². The first kappa shape index (κ1) is 10.6. The highest BCUT2D eigenvalue weighted by atomic mass is 79.9. The molecular formula is C10H9BrN2OS. The highest BCUT2D eigenvalue weighted by molar-refractivity contribution is 9.10. The molecule has 0 radical (unpaired) electrons. The number of hydrogen-bond acceptors (Lipinski definition) is 4. The van der Waals surface area contributed by atoms with Crippen LogP contribution in [0.25, 0.3) is 0 Å². The van der Waals surface area contributed by atoms with Gasteiger partial charge in [-0.3, -0.25) is 0 Å². The Morgan fingerprint density at radius 3 is 3.00 bits per heavy atom. The van der Waals surface area contributed by atoms with Crippen molar-refractivity contribution in [3.05, 3.63) is 39.3 Å². The van der Waals surface area contributed by atoms with Crippen LogP contribution in [-0.4, -0.2) is 9.59 Å². The van der Waals surface area contributed by atoms with E-state index in [0.29, 0.717) is 6.61 Å². The van der Waals surface area contributed by atoms with Gasteiger partial charge >= 0.3 is 0 Å². The van der Waals surface area contributed by atoms with Gasteiger partial charge in [0.25, 0.3) is 0 Å². The standard InChI is InChI=1S/C10H9BrN2OS/c1-7-4-8(11)2-3-10(7)14-6-9-5-12-13-15-9/h2-5H,6H2,1H3. The maximum absolute atomic E-state index is 5.65. The van der Waals surface area contributed by atoms with E-state index in [1.165, 1.54) is 11.5 Å². The Kier molecular flexibility index (Phi) is 3.33. The van der Waals surface area contributed by atoms with E-state index in [-0.39, 0.29) is 0 Å². The van der Waals surface area contributed by atoms with Gasteiger partial charge in [-0.1, -0.05) is 20.4 Å². The Labute approximate surface area is 100 Å². The second kappa shape index (κ2) is 4.72. The van der Waals surface area contributed by atoms with E-state index >= 15 is 0 Å². The molecule has 0 saturated heterocycles. The van der Waals surface area contributed by atoms with Crippen molar-refractivity contribution in [2.45, 2.75) is 13.5 Å². The van der Waals surface area contributed by atoms with Gasteiger partial charge in [-0.2, -0.15) is 0 Å². The summed E-state index contributed by atoms with van der Waals surface area (Å²) in [5, 5.41) is 3.75. The first-order valence-corrected chi connectivity index (χ1v) is 5.97. The molecule has 2 aromatic rings. The number of ether oxygens (including phenoxy) is 1. The lowest BCUT2D eigenvalue weighted by Crippen LogP contribution is -1.94. The summed E-state index contributed by atoms with van der Waals surface area (Å²) in [6, 6.07) is 5.95. The Morgan fingerprint density at radius 2 is 2.33 bits per heavy atom. The van der Waals surface area contributed by atoms with Crippen LogP contribution in [0.1, 0.15) is 10.4 Å². The molecule has 0 aliphatic carbocycles. The van der Waals surface area contributed by atoms with Crippen LogP contribution in [0.4, 0.5) is 0 Å². The van der Waals surface area contributed by atoms with Crippen molar-refractivity contribution in [3.8, 4) is 5.75 Å². The molecule has 0 aliphatic rings. The van der Waals surface area contributed by atoms with E-state index < -0.39 is 0 Å². The van der Waals surface area contributed by atoms with Crippen molar-refractivity contribution in [3.63, 3.8) is 0 Å². The van der Waals surface area contributed by atoms with Crippen molar-refractivity contribution in [2.24, 2.45) is 0 Å². The molecule has 0 unspecified atom stereocenters. The Bertz CT molecular complexity index is 445. The van der Waals surface area contributed by atoms with Gasteiger partial charge in [0.15, 0.2) is 0 Å². The fourth-order valence-corrected chi connectivity index (χ4v) is 2.06. The fourth-order valence-electron chi connectivity index (χ4n) is 1.17. The summed E-state index contributed by atoms with van der Waals surface area (Å²) in [7, 11) is 0. The van der Waals surface area contributed by atoms with Crippen molar-refractivity contribution in [1.82, 2.24) is 9.59 Å². The topological polar surface area (TPSA) is 35.0 Å². The molecule has 0 bridgehead atoms.